The summed E-state index contributed by atoms with van der Waals surface area (Å²) in [5.74, 6) is -0.174. The second-order valence-corrected chi connectivity index (χ2v) is 4.84. The third-order valence-electron chi connectivity index (χ3n) is 2.81. The number of carbonyl (C=O) groups excluding carboxylic acids is 1. The molecule has 0 aliphatic carbocycles. The van der Waals surface area contributed by atoms with Crippen molar-refractivity contribution in [1.29, 1.82) is 0 Å². The molecular formula is C10H10N4O2S. The normalized spacial score (nSPS) is 14.7. The minimum Gasteiger partial charge on any atom is -0.379 e. The number of carbonyl (C=O) groups is 1. The van der Waals surface area contributed by atoms with Gasteiger partial charge in [-0.2, -0.15) is 0 Å². The number of anilines is 1. The molecule has 1 aliphatic rings. The van der Waals surface area contributed by atoms with Crippen LogP contribution in [-0.2, 0) is 13.0 Å². The van der Waals surface area contributed by atoms with Crippen molar-refractivity contribution in [3.05, 3.63) is 27.6 Å². The maximum Gasteiger partial charge on any atom is 0.280 e. The van der Waals surface area contributed by atoms with E-state index in [4.69, 9.17) is 5.73 Å². The van der Waals surface area contributed by atoms with E-state index < -0.39 is 0 Å². The molecule has 7 heteroatoms. The van der Waals surface area contributed by atoms with Crippen LogP contribution in [0.15, 0.2) is 16.1 Å². The predicted octanol–water partition coefficient (Wildman–Crippen LogP) is 0.912. The molecule has 0 unspecified atom stereocenters. The molecule has 2 N–H and O–H groups in total. The lowest BCUT2D eigenvalue weighted by Crippen LogP contribution is -2.35. The van der Waals surface area contributed by atoms with Crippen LogP contribution in [0.2, 0.25) is 0 Å². The number of rotatable bonds is 1. The van der Waals surface area contributed by atoms with E-state index in [1.54, 1.807) is 16.2 Å². The summed E-state index contributed by atoms with van der Waals surface area (Å²) < 4.78 is 4.44. The summed E-state index contributed by atoms with van der Waals surface area (Å²) in [7, 11) is 0. The molecule has 0 saturated carbocycles. The van der Waals surface area contributed by atoms with E-state index in [9.17, 15) is 4.79 Å². The van der Waals surface area contributed by atoms with Gasteiger partial charge in [0.05, 0.1) is 0 Å². The monoisotopic (exact) mass is 250 g/mol. The molecule has 0 spiro atoms. The van der Waals surface area contributed by atoms with Crippen molar-refractivity contribution < 1.29 is 9.42 Å². The zero-order chi connectivity index (χ0) is 11.8. The Kier molecular flexibility index (Phi) is 2.32. The average Bonchev–Trinajstić information content (AvgIpc) is 2.95. The summed E-state index contributed by atoms with van der Waals surface area (Å²) in [6, 6.07) is 2.05. The SMILES string of the molecule is Nc1nonc1C(=O)N1CCc2sccc2C1. The van der Waals surface area contributed by atoms with Gasteiger partial charge in [-0.25, -0.2) is 4.63 Å². The highest BCUT2D eigenvalue weighted by Crippen LogP contribution is 2.25. The molecule has 3 heterocycles. The molecule has 0 bridgehead atoms. The second kappa shape index (κ2) is 3.85. The van der Waals surface area contributed by atoms with E-state index in [0.717, 1.165) is 6.42 Å². The van der Waals surface area contributed by atoms with Crippen LogP contribution in [0.25, 0.3) is 0 Å². The van der Waals surface area contributed by atoms with Gasteiger partial charge in [-0.15, -0.1) is 11.3 Å². The summed E-state index contributed by atoms with van der Waals surface area (Å²) >= 11 is 1.73. The Hall–Kier alpha value is -1.89. The van der Waals surface area contributed by atoms with Crippen LogP contribution in [-0.4, -0.2) is 27.7 Å². The number of aromatic nitrogens is 2. The Labute approximate surface area is 101 Å². The van der Waals surface area contributed by atoms with E-state index in [0.29, 0.717) is 13.1 Å². The molecule has 0 saturated heterocycles. The number of hydrogen-bond acceptors (Lipinski definition) is 6. The molecule has 1 amide bonds. The van der Waals surface area contributed by atoms with E-state index in [-0.39, 0.29) is 17.4 Å². The van der Waals surface area contributed by atoms with Crippen LogP contribution in [0.4, 0.5) is 5.82 Å². The zero-order valence-corrected chi connectivity index (χ0v) is 9.74. The van der Waals surface area contributed by atoms with Gasteiger partial charge in [0.15, 0.2) is 0 Å². The molecular weight excluding hydrogens is 240 g/mol. The van der Waals surface area contributed by atoms with Crippen molar-refractivity contribution in [2.45, 2.75) is 13.0 Å². The number of nitrogens with zero attached hydrogens (tertiary/aromatic N) is 3. The molecule has 2 aromatic heterocycles. The Morgan fingerprint density at radius 1 is 1.53 bits per heavy atom. The maximum absolute atomic E-state index is 12.1. The molecule has 6 nitrogen and oxygen atoms in total. The largest absolute Gasteiger partial charge is 0.379 e. The van der Waals surface area contributed by atoms with E-state index in [1.165, 1.54) is 10.4 Å². The molecule has 0 fully saturated rings. The third-order valence-corrected chi connectivity index (χ3v) is 3.83. The van der Waals surface area contributed by atoms with Gasteiger partial charge in [-0.1, -0.05) is 0 Å². The quantitative estimate of drug-likeness (QED) is 0.813. The fourth-order valence-corrected chi connectivity index (χ4v) is 2.81. The summed E-state index contributed by atoms with van der Waals surface area (Å²) in [4.78, 5) is 15.2. The Balaban J connectivity index is 1.84. The van der Waals surface area contributed by atoms with Crippen LogP contribution in [0, 0.1) is 0 Å². The smallest absolute Gasteiger partial charge is 0.280 e. The van der Waals surface area contributed by atoms with Gasteiger partial charge in [0.1, 0.15) is 0 Å². The number of nitrogen functional groups attached to an aromatic ring is 1. The summed E-state index contributed by atoms with van der Waals surface area (Å²) in [5.41, 5.74) is 6.81. The van der Waals surface area contributed by atoms with Gasteiger partial charge < -0.3 is 10.6 Å². The van der Waals surface area contributed by atoms with Crippen molar-refractivity contribution >= 4 is 23.1 Å². The summed E-state index contributed by atoms with van der Waals surface area (Å²) in [6.07, 6.45) is 0.879. The highest BCUT2D eigenvalue weighted by molar-refractivity contribution is 7.10. The Morgan fingerprint density at radius 3 is 3.18 bits per heavy atom. The molecule has 88 valence electrons. The average molecular weight is 250 g/mol. The van der Waals surface area contributed by atoms with Crippen molar-refractivity contribution in [2.24, 2.45) is 0 Å². The molecule has 1 aliphatic heterocycles. The number of amides is 1. The van der Waals surface area contributed by atoms with E-state index in [1.807, 2.05) is 11.4 Å². The van der Waals surface area contributed by atoms with Crippen molar-refractivity contribution in [1.82, 2.24) is 15.2 Å². The van der Waals surface area contributed by atoms with Crippen LogP contribution < -0.4 is 5.73 Å². The van der Waals surface area contributed by atoms with Crippen LogP contribution in [0.5, 0.6) is 0 Å². The van der Waals surface area contributed by atoms with Gasteiger partial charge in [-0.05, 0) is 33.7 Å². The lowest BCUT2D eigenvalue weighted by atomic mass is 10.1. The van der Waals surface area contributed by atoms with Crippen molar-refractivity contribution in [2.75, 3.05) is 12.3 Å². The molecule has 0 aromatic carbocycles. The summed E-state index contributed by atoms with van der Waals surface area (Å²) in [6.45, 7) is 1.28. The first-order chi connectivity index (χ1) is 8.25. The van der Waals surface area contributed by atoms with Gasteiger partial charge >= 0.3 is 0 Å². The number of thiophene rings is 1. The van der Waals surface area contributed by atoms with E-state index in [2.05, 4.69) is 14.9 Å². The van der Waals surface area contributed by atoms with Gasteiger partial charge in [-0.3, -0.25) is 4.79 Å². The van der Waals surface area contributed by atoms with Gasteiger partial charge in [0.2, 0.25) is 11.5 Å². The Morgan fingerprint density at radius 2 is 2.41 bits per heavy atom. The van der Waals surface area contributed by atoms with Crippen LogP contribution in [0.1, 0.15) is 20.9 Å². The van der Waals surface area contributed by atoms with Crippen LogP contribution in [0.3, 0.4) is 0 Å². The minimum atomic E-state index is -0.222. The number of hydrogen-bond donors (Lipinski definition) is 1. The first-order valence-electron chi connectivity index (χ1n) is 5.18. The molecule has 3 rings (SSSR count). The topological polar surface area (TPSA) is 85.2 Å². The first kappa shape index (κ1) is 10.3. The lowest BCUT2D eigenvalue weighted by molar-refractivity contribution is 0.0725. The maximum atomic E-state index is 12.1. The van der Waals surface area contributed by atoms with Crippen LogP contribution >= 0.6 is 11.3 Å². The summed E-state index contributed by atoms with van der Waals surface area (Å²) in [5, 5.41) is 8.99. The second-order valence-electron chi connectivity index (χ2n) is 3.84. The zero-order valence-electron chi connectivity index (χ0n) is 8.92. The molecule has 2 aromatic rings. The standard InChI is InChI=1S/C10H10N4O2S/c11-9-8(12-16-13-9)10(15)14-3-1-7-6(5-14)2-4-17-7/h2,4H,1,3,5H2,(H2,11,13). The third kappa shape index (κ3) is 1.68. The minimum absolute atomic E-state index is 0.0473. The highest BCUT2D eigenvalue weighted by Gasteiger charge is 2.26. The highest BCUT2D eigenvalue weighted by atomic mass is 32.1. The van der Waals surface area contributed by atoms with Gasteiger partial charge in [0.25, 0.3) is 5.91 Å². The Bertz CT molecular complexity index is 562. The molecule has 0 atom stereocenters. The van der Waals surface area contributed by atoms with Crippen molar-refractivity contribution in [3.63, 3.8) is 0 Å². The van der Waals surface area contributed by atoms with E-state index >= 15 is 0 Å². The predicted molar refractivity (Wildman–Crippen MR) is 61.5 cm³/mol. The number of nitrogens with two attached hydrogens (primary N) is 1. The fraction of sp³-hybridized carbons (Fsp3) is 0.300. The van der Waals surface area contributed by atoms with Gasteiger partial charge in [0, 0.05) is 18.0 Å². The fourth-order valence-electron chi connectivity index (χ4n) is 1.92. The first-order valence-corrected chi connectivity index (χ1v) is 6.06. The molecule has 17 heavy (non-hydrogen) atoms. The number of fused-ring (bicyclic) bond motifs is 1. The van der Waals surface area contributed by atoms with Crippen molar-refractivity contribution in [3.8, 4) is 0 Å². The lowest BCUT2D eigenvalue weighted by Gasteiger charge is -2.26. The molecule has 0 radical (unpaired) electrons.